The second-order valence-corrected chi connectivity index (χ2v) is 7.15. The van der Waals surface area contributed by atoms with E-state index >= 15 is 0 Å². The summed E-state index contributed by atoms with van der Waals surface area (Å²) in [6.45, 7) is 8.42. The van der Waals surface area contributed by atoms with E-state index in [2.05, 4.69) is 36.9 Å². The van der Waals surface area contributed by atoms with Crippen LogP contribution in [0.25, 0.3) is 0 Å². The summed E-state index contributed by atoms with van der Waals surface area (Å²) >= 11 is 0. The van der Waals surface area contributed by atoms with Gasteiger partial charge < -0.3 is 4.90 Å². The Balaban J connectivity index is 1.54. The molecule has 1 heterocycles. The van der Waals surface area contributed by atoms with Gasteiger partial charge in [-0.05, 0) is 41.3 Å². The Labute approximate surface area is 155 Å². The quantitative estimate of drug-likeness (QED) is 0.848. The Bertz CT molecular complexity index is 780. The third kappa shape index (κ3) is 4.30. The van der Waals surface area contributed by atoms with Crippen molar-refractivity contribution in [1.29, 1.82) is 5.26 Å². The van der Waals surface area contributed by atoms with Gasteiger partial charge in [-0.15, -0.1) is 0 Å². The number of amides is 1. The second-order valence-electron chi connectivity index (χ2n) is 7.15. The molecule has 0 atom stereocenters. The monoisotopic (exact) mass is 347 g/mol. The van der Waals surface area contributed by atoms with Gasteiger partial charge in [0.25, 0.3) is 5.91 Å². The summed E-state index contributed by atoms with van der Waals surface area (Å²) in [6.07, 6.45) is 0. The molecule has 4 heteroatoms. The van der Waals surface area contributed by atoms with Crippen LogP contribution < -0.4 is 0 Å². The molecule has 4 nitrogen and oxygen atoms in total. The number of carbonyl (C=O) groups is 1. The van der Waals surface area contributed by atoms with Gasteiger partial charge in [-0.1, -0.05) is 38.1 Å². The Kier molecular flexibility index (Phi) is 5.70. The predicted molar refractivity (Wildman–Crippen MR) is 103 cm³/mol. The molecule has 134 valence electrons. The molecule has 0 saturated carbocycles. The third-order valence-electron chi connectivity index (χ3n) is 4.97. The summed E-state index contributed by atoms with van der Waals surface area (Å²) in [4.78, 5) is 17.0. The van der Waals surface area contributed by atoms with E-state index in [1.54, 1.807) is 0 Å². The van der Waals surface area contributed by atoms with Crippen LogP contribution in [0, 0.1) is 11.3 Å². The van der Waals surface area contributed by atoms with Gasteiger partial charge in [-0.25, -0.2) is 0 Å². The summed E-state index contributed by atoms with van der Waals surface area (Å²) in [6, 6.07) is 17.9. The molecule has 1 amide bonds. The minimum absolute atomic E-state index is 0.123. The number of benzene rings is 2. The topological polar surface area (TPSA) is 47.3 Å². The number of hydrogen-bond acceptors (Lipinski definition) is 3. The highest BCUT2D eigenvalue weighted by molar-refractivity contribution is 5.94. The van der Waals surface area contributed by atoms with E-state index in [0.29, 0.717) is 11.5 Å². The Morgan fingerprint density at radius 3 is 2.15 bits per heavy atom. The van der Waals surface area contributed by atoms with Crippen LogP contribution in [0.4, 0.5) is 0 Å². The minimum atomic E-state index is 0.123. The molecule has 0 bridgehead atoms. The first kappa shape index (κ1) is 18.2. The zero-order valence-corrected chi connectivity index (χ0v) is 15.5. The van der Waals surface area contributed by atoms with Crippen molar-refractivity contribution < 1.29 is 4.79 Å². The second kappa shape index (κ2) is 8.16. The number of nitrogens with zero attached hydrogens (tertiary/aromatic N) is 3. The largest absolute Gasteiger partial charge is 0.336 e. The predicted octanol–water partition coefficient (Wildman–Crippen LogP) is 3.64. The summed E-state index contributed by atoms with van der Waals surface area (Å²) in [5, 5.41) is 8.87. The SMILES string of the molecule is CC(C)c1ccc(C(=O)N2CCN(Cc3ccc(C#N)cc3)CC2)cc1. The molecular weight excluding hydrogens is 322 g/mol. The van der Waals surface area contributed by atoms with E-state index in [1.807, 2.05) is 41.3 Å². The van der Waals surface area contributed by atoms with Crippen LogP contribution in [0.3, 0.4) is 0 Å². The van der Waals surface area contributed by atoms with Crippen molar-refractivity contribution in [3.05, 3.63) is 70.8 Å². The van der Waals surface area contributed by atoms with Crippen molar-refractivity contribution in [2.24, 2.45) is 0 Å². The summed E-state index contributed by atoms with van der Waals surface area (Å²) < 4.78 is 0. The highest BCUT2D eigenvalue weighted by atomic mass is 16.2. The normalized spacial score (nSPS) is 15.1. The van der Waals surface area contributed by atoms with E-state index < -0.39 is 0 Å². The molecule has 1 aliphatic heterocycles. The molecule has 0 spiro atoms. The molecule has 26 heavy (non-hydrogen) atoms. The van der Waals surface area contributed by atoms with Crippen molar-refractivity contribution in [2.45, 2.75) is 26.3 Å². The standard InChI is InChI=1S/C22H25N3O/c1-17(2)20-7-9-21(10-8-20)22(26)25-13-11-24(12-14-25)16-19-5-3-18(15-23)4-6-19/h3-10,17H,11-14,16H2,1-2H3. The van der Waals surface area contributed by atoms with Crippen molar-refractivity contribution in [3.63, 3.8) is 0 Å². The number of carbonyl (C=O) groups excluding carboxylic acids is 1. The van der Waals surface area contributed by atoms with Crippen molar-refractivity contribution in [3.8, 4) is 6.07 Å². The molecule has 1 aliphatic rings. The number of piperazine rings is 1. The van der Waals surface area contributed by atoms with E-state index in [-0.39, 0.29) is 5.91 Å². The lowest BCUT2D eigenvalue weighted by atomic mass is 10.0. The molecule has 1 saturated heterocycles. The lowest BCUT2D eigenvalue weighted by Crippen LogP contribution is -2.48. The van der Waals surface area contributed by atoms with Crippen LogP contribution in [0.1, 0.15) is 46.8 Å². The third-order valence-corrected chi connectivity index (χ3v) is 4.97. The van der Waals surface area contributed by atoms with Crippen LogP contribution in [-0.4, -0.2) is 41.9 Å². The lowest BCUT2D eigenvalue weighted by Gasteiger charge is -2.34. The number of rotatable bonds is 4. The van der Waals surface area contributed by atoms with Crippen LogP contribution in [0.15, 0.2) is 48.5 Å². The molecule has 0 N–H and O–H groups in total. The van der Waals surface area contributed by atoms with Gasteiger partial charge in [0.2, 0.25) is 0 Å². The van der Waals surface area contributed by atoms with E-state index in [4.69, 9.17) is 5.26 Å². The highest BCUT2D eigenvalue weighted by Crippen LogP contribution is 2.17. The van der Waals surface area contributed by atoms with E-state index in [9.17, 15) is 4.79 Å². The highest BCUT2D eigenvalue weighted by Gasteiger charge is 2.22. The summed E-state index contributed by atoms with van der Waals surface area (Å²) in [5.74, 6) is 0.600. The number of nitriles is 1. The molecular formula is C22H25N3O. The minimum Gasteiger partial charge on any atom is -0.336 e. The van der Waals surface area contributed by atoms with Crippen LogP contribution in [0.5, 0.6) is 0 Å². The average Bonchev–Trinajstić information content (AvgIpc) is 2.69. The van der Waals surface area contributed by atoms with E-state index in [1.165, 1.54) is 11.1 Å². The molecule has 0 aromatic heterocycles. The van der Waals surface area contributed by atoms with Gasteiger partial charge in [0.05, 0.1) is 11.6 Å². The van der Waals surface area contributed by atoms with Crippen LogP contribution in [0.2, 0.25) is 0 Å². The van der Waals surface area contributed by atoms with Gasteiger partial charge in [0.1, 0.15) is 0 Å². The molecule has 1 fully saturated rings. The zero-order valence-electron chi connectivity index (χ0n) is 15.5. The molecule has 0 unspecified atom stereocenters. The lowest BCUT2D eigenvalue weighted by molar-refractivity contribution is 0.0628. The van der Waals surface area contributed by atoms with Gasteiger partial charge in [-0.3, -0.25) is 9.69 Å². The molecule has 3 rings (SSSR count). The Morgan fingerprint density at radius 1 is 1.00 bits per heavy atom. The van der Waals surface area contributed by atoms with Gasteiger partial charge in [0.15, 0.2) is 0 Å². The first-order chi connectivity index (χ1) is 12.6. The average molecular weight is 347 g/mol. The van der Waals surface area contributed by atoms with Gasteiger partial charge in [-0.2, -0.15) is 5.26 Å². The molecule has 2 aromatic carbocycles. The van der Waals surface area contributed by atoms with Crippen molar-refractivity contribution in [2.75, 3.05) is 26.2 Å². The molecule has 0 radical (unpaired) electrons. The van der Waals surface area contributed by atoms with Crippen LogP contribution in [-0.2, 0) is 6.54 Å². The summed E-state index contributed by atoms with van der Waals surface area (Å²) in [5.41, 5.74) is 3.92. The van der Waals surface area contributed by atoms with Crippen molar-refractivity contribution in [1.82, 2.24) is 9.80 Å². The Hall–Kier alpha value is -2.64. The smallest absolute Gasteiger partial charge is 0.253 e. The maximum absolute atomic E-state index is 12.7. The fourth-order valence-electron chi connectivity index (χ4n) is 3.25. The zero-order chi connectivity index (χ0) is 18.5. The first-order valence-corrected chi connectivity index (χ1v) is 9.17. The van der Waals surface area contributed by atoms with Gasteiger partial charge >= 0.3 is 0 Å². The van der Waals surface area contributed by atoms with Crippen molar-refractivity contribution >= 4 is 5.91 Å². The number of hydrogen-bond donors (Lipinski definition) is 0. The molecule has 2 aromatic rings. The van der Waals surface area contributed by atoms with E-state index in [0.717, 1.165) is 38.3 Å². The van der Waals surface area contributed by atoms with Gasteiger partial charge in [0, 0.05) is 38.3 Å². The fraction of sp³-hybridized carbons (Fsp3) is 0.364. The summed E-state index contributed by atoms with van der Waals surface area (Å²) in [7, 11) is 0. The Morgan fingerprint density at radius 2 is 1.62 bits per heavy atom. The first-order valence-electron chi connectivity index (χ1n) is 9.17. The maximum atomic E-state index is 12.7. The molecule has 0 aliphatic carbocycles. The maximum Gasteiger partial charge on any atom is 0.253 e. The van der Waals surface area contributed by atoms with Crippen LogP contribution >= 0.6 is 0 Å². The fourth-order valence-corrected chi connectivity index (χ4v) is 3.25.